The lowest BCUT2D eigenvalue weighted by atomic mass is 10.1. The molecule has 3 rings (SSSR count). The van der Waals surface area contributed by atoms with Crippen LogP contribution in [0, 0.1) is 0 Å². The van der Waals surface area contributed by atoms with Gasteiger partial charge in [0.2, 0.25) is 5.91 Å². The minimum atomic E-state index is -4.30. The molecule has 2 aliphatic heterocycles. The summed E-state index contributed by atoms with van der Waals surface area (Å²) in [6.07, 6.45) is -3.59. The van der Waals surface area contributed by atoms with Gasteiger partial charge in [0.1, 0.15) is 0 Å². The summed E-state index contributed by atoms with van der Waals surface area (Å²) in [6, 6.07) is 5.16. The number of alkyl halides is 3. The molecule has 2 atom stereocenters. The first-order valence-electron chi connectivity index (χ1n) is 7.93. The topological polar surface area (TPSA) is 44.4 Å². The number of hydrogen-bond donors (Lipinski definition) is 2. The van der Waals surface area contributed by atoms with Crippen molar-refractivity contribution in [2.75, 3.05) is 24.7 Å². The predicted molar refractivity (Wildman–Crippen MR) is 87.5 cm³/mol. The Morgan fingerprint density at radius 1 is 1.33 bits per heavy atom. The third-order valence-corrected chi connectivity index (χ3v) is 5.33. The Kier molecular flexibility index (Phi) is 5.36. The fourth-order valence-electron chi connectivity index (χ4n) is 2.96. The van der Waals surface area contributed by atoms with E-state index >= 15 is 0 Å². The maximum Gasteiger partial charge on any atom is 0.416 e. The second-order valence-corrected chi connectivity index (χ2v) is 7.18. The number of carbonyl (C=O) groups is 1. The van der Waals surface area contributed by atoms with Gasteiger partial charge in [0.05, 0.1) is 17.5 Å². The summed E-state index contributed by atoms with van der Waals surface area (Å²) in [4.78, 5) is 14.2. The van der Waals surface area contributed by atoms with Crippen molar-refractivity contribution in [2.24, 2.45) is 0 Å². The average Bonchev–Trinajstić information content (AvgIpc) is 3.23. The first-order valence-corrected chi connectivity index (χ1v) is 9.08. The smallest absolute Gasteiger partial charge is 0.331 e. The standard InChI is InChI=1S/C16H20F3N3OS/c17-16(18,19)12-3-1-11(2-4-12)8-20-13-7-14(21-9-13)15(23)22-5-6-24-10-22/h1-4,13-14,20-21H,5-10H2/t13-,14-/m0/s1. The van der Waals surface area contributed by atoms with Crippen molar-refractivity contribution in [3.05, 3.63) is 35.4 Å². The molecule has 0 spiro atoms. The minimum absolute atomic E-state index is 0.150. The highest BCUT2D eigenvalue weighted by Crippen LogP contribution is 2.29. The van der Waals surface area contributed by atoms with Crippen LogP contribution in [-0.4, -0.2) is 47.6 Å². The normalized spacial score (nSPS) is 24.5. The molecular weight excluding hydrogens is 339 g/mol. The molecule has 2 aliphatic rings. The van der Waals surface area contributed by atoms with Crippen molar-refractivity contribution in [2.45, 2.75) is 31.2 Å². The van der Waals surface area contributed by atoms with Gasteiger partial charge in [-0.05, 0) is 24.1 Å². The van der Waals surface area contributed by atoms with Crippen molar-refractivity contribution in [1.82, 2.24) is 15.5 Å². The lowest BCUT2D eigenvalue weighted by Gasteiger charge is -2.19. The maximum absolute atomic E-state index is 12.5. The van der Waals surface area contributed by atoms with Gasteiger partial charge in [-0.25, -0.2) is 0 Å². The highest BCUT2D eigenvalue weighted by molar-refractivity contribution is 7.99. The molecule has 0 aliphatic carbocycles. The van der Waals surface area contributed by atoms with Gasteiger partial charge >= 0.3 is 6.18 Å². The second-order valence-electron chi connectivity index (χ2n) is 6.11. The van der Waals surface area contributed by atoms with Crippen LogP contribution in [0.5, 0.6) is 0 Å². The predicted octanol–water partition coefficient (Wildman–Crippen LogP) is 2.06. The molecule has 0 saturated carbocycles. The lowest BCUT2D eigenvalue weighted by molar-refractivity contribution is -0.137. The number of hydrogen-bond acceptors (Lipinski definition) is 4. The molecule has 8 heteroatoms. The molecule has 2 heterocycles. The van der Waals surface area contributed by atoms with E-state index in [1.165, 1.54) is 12.1 Å². The molecule has 0 bridgehead atoms. The molecule has 2 fully saturated rings. The van der Waals surface area contributed by atoms with Gasteiger partial charge in [-0.3, -0.25) is 4.79 Å². The summed E-state index contributed by atoms with van der Waals surface area (Å²) in [5, 5.41) is 6.55. The summed E-state index contributed by atoms with van der Waals surface area (Å²) < 4.78 is 37.6. The molecule has 0 radical (unpaired) electrons. The molecule has 1 aromatic carbocycles. The monoisotopic (exact) mass is 359 g/mol. The van der Waals surface area contributed by atoms with Gasteiger partial charge in [0.15, 0.2) is 0 Å². The quantitative estimate of drug-likeness (QED) is 0.864. The van der Waals surface area contributed by atoms with E-state index in [1.807, 2.05) is 4.90 Å². The Morgan fingerprint density at radius 3 is 2.71 bits per heavy atom. The Hall–Kier alpha value is -1.25. The first kappa shape index (κ1) is 17.6. The van der Waals surface area contributed by atoms with E-state index in [4.69, 9.17) is 0 Å². The Morgan fingerprint density at radius 2 is 2.08 bits per heavy atom. The van der Waals surface area contributed by atoms with E-state index in [-0.39, 0.29) is 18.0 Å². The summed E-state index contributed by atoms with van der Waals surface area (Å²) in [7, 11) is 0. The van der Waals surface area contributed by atoms with E-state index in [2.05, 4.69) is 10.6 Å². The number of benzene rings is 1. The van der Waals surface area contributed by atoms with Crippen LogP contribution >= 0.6 is 11.8 Å². The maximum atomic E-state index is 12.5. The lowest BCUT2D eigenvalue weighted by Crippen LogP contribution is -2.42. The van der Waals surface area contributed by atoms with Gasteiger partial charge in [-0.1, -0.05) is 12.1 Å². The zero-order valence-corrected chi connectivity index (χ0v) is 13.9. The van der Waals surface area contributed by atoms with E-state index in [1.54, 1.807) is 11.8 Å². The zero-order chi connectivity index (χ0) is 17.2. The van der Waals surface area contributed by atoms with Crippen LogP contribution in [0.25, 0.3) is 0 Å². The first-order chi connectivity index (χ1) is 11.4. The molecule has 24 heavy (non-hydrogen) atoms. The molecule has 1 amide bonds. The van der Waals surface area contributed by atoms with Crippen molar-refractivity contribution in [3.8, 4) is 0 Å². The third kappa shape index (κ3) is 4.23. The van der Waals surface area contributed by atoms with Gasteiger partial charge < -0.3 is 15.5 Å². The van der Waals surface area contributed by atoms with Crippen molar-refractivity contribution < 1.29 is 18.0 Å². The number of halogens is 3. The zero-order valence-electron chi connectivity index (χ0n) is 13.1. The van der Waals surface area contributed by atoms with Gasteiger partial charge in [-0.2, -0.15) is 13.2 Å². The highest BCUT2D eigenvalue weighted by atomic mass is 32.2. The van der Waals surface area contributed by atoms with Crippen LogP contribution in [-0.2, 0) is 17.5 Å². The number of thioether (sulfide) groups is 1. The number of amides is 1. The van der Waals surface area contributed by atoms with Crippen molar-refractivity contribution >= 4 is 17.7 Å². The third-order valence-electron chi connectivity index (χ3n) is 4.37. The summed E-state index contributed by atoms with van der Waals surface area (Å²) >= 11 is 1.76. The molecule has 2 saturated heterocycles. The van der Waals surface area contributed by atoms with Crippen molar-refractivity contribution in [1.29, 1.82) is 0 Å². The van der Waals surface area contributed by atoms with E-state index in [0.717, 1.165) is 35.9 Å². The van der Waals surface area contributed by atoms with Crippen LogP contribution in [0.15, 0.2) is 24.3 Å². The number of carbonyl (C=O) groups excluding carboxylic acids is 1. The van der Waals surface area contributed by atoms with E-state index < -0.39 is 11.7 Å². The molecule has 1 aromatic rings. The van der Waals surface area contributed by atoms with Crippen LogP contribution in [0.1, 0.15) is 17.5 Å². The summed E-state index contributed by atoms with van der Waals surface area (Å²) in [6.45, 7) is 1.99. The highest BCUT2D eigenvalue weighted by Gasteiger charge is 2.33. The van der Waals surface area contributed by atoms with Crippen LogP contribution < -0.4 is 10.6 Å². The fraction of sp³-hybridized carbons (Fsp3) is 0.562. The molecular formula is C16H20F3N3OS. The van der Waals surface area contributed by atoms with Gasteiger partial charge in [0, 0.05) is 31.4 Å². The largest absolute Gasteiger partial charge is 0.416 e. The fourth-order valence-corrected chi connectivity index (χ4v) is 3.92. The molecule has 132 valence electrons. The summed E-state index contributed by atoms with van der Waals surface area (Å²) in [5.74, 6) is 1.91. The Balaban J connectivity index is 1.46. The second kappa shape index (κ2) is 7.33. The van der Waals surface area contributed by atoms with E-state index in [0.29, 0.717) is 19.5 Å². The van der Waals surface area contributed by atoms with Gasteiger partial charge in [0.25, 0.3) is 0 Å². The Labute approximate surface area is 143 Å². The molecule has 0 aromatic heterocycles. The van der Waals surface area contributed by atoms with Crippen LogP contribution in [0.3, 0.4) is 0 Å². The average molecular weight is 359 g/mol. The van der Waals surface area contributed by atoms with Crippen LogP contribution in [0.4, 0.5) is 13.2 Å². The number of nitrogens with one attached hydrogen (secondary N) is 2. The summed E-state index contributed by atoms with van der Waals surface area (Å²) in [5.41, 5.74) is 0.164. The molecule has 4 nitrogen and oxygen atoms in total. The number of rotatable bonds is 4. The molecule has 0 unspecified atom stereocenters. The SMILES string of the molecule is O=C([C@@H]1C[C@H](NCc2ccc(C(F)(F)F)cc2)CN1)N1CCSC1. The molecule has 2 N–H and O–H groups in total. The number of nitrogens with zero attached hydrogens (tertiary/aromatic N) is 1. The van der Waals surface area contributed by atoms with E-state index in [9.17, 15) is 18.0 Å². The Bertz CT molecular complexity index is 573. The minimum Gasteiger partial charge on any atom is -0.331 e. The van der Waals surface area contributed by atoms with Gasteiger partial charge in [-0.15, -0.1) is 11.8 Å². The van der Waals surface area contributed by atoms with Crippen LogP contribution in [0.2, 0.25) is 0 Å². The van der Waals surface area contributed by atoms with Crippen molar-refractivity contribution in [3.63, 3.8) is 0 Å².